The van der Waals surface area contributed by atoms with Crippen LogP contribution in [0.15, 0.2) is 77.9 Å². The van der Waals surface area contributed by atoms with Crippen LogP contribution in [0, 0.1) is 0 Å². The molecular formula is C23H27N3O3. The first-order valence-corrected chi connectivity index (χ1v) is 9.49. The summed E-state index contributed by atoms with van der Waals surface area (Å²) in [6, 6.07) is 14.9. The Labute approximate surface area is 171 Å². The zero-order valence-corrected chi connectivity index (χ0v) is 17.2. The maximum atomic E-state index is 12.8. The largest absolute Gasteiger partial charge is 0.492 e. The highest BCUT2D eigenvalue weighted by Crippen LogP contribution is 2.17. The molecule has 0 aliphatic rings. The van der Waals surface area contributed by atoms with Gasteiger partial charge in [-0.05, 0) is 75.1 Å². The summed E-state index contributed by atoms with van der Waals surface area (Å²) in [6.07, 6.45) is 3.52. The van der Waals surface area contributed by atoms with Gasteiger partial charge in [0, 0.05) is 18.9 Å². The number of benzene rings is 2. The number of ether oxygens (including phenoxy) is 2. The van der Waals surface area contributed by atoms with Crippen molar-refractivity contribution in [1.82, 2.24) is 14.0 Å². The van der Waals surface area contributed by atoms with Gasteiger partial charge < -0.3 is 14.4 Å². The molecule has 152 valence electrons. The summed E-state index contributed by atoms with van der Waals surface area (Å²) < 4.78 is 14.5. The molecule has 3 aromatic rings. The monoisotopic (exact) mass is 393 g/mol. The second-order valence-corrected chi connectivity index (χ2v) is 7.21. The zero-order valence-electron chi connectivity index (χ0n) is 17.2. The van der Waals surface area contributed by atoms with Gasteiger partial charge in [-0.25, -0.2) is 4.79 Å². The lowest BCUT2D eigenvalue weighted by atomic mass is 10.3. The summed E-state index contributed by atoms with van der Waals surface area (Å²) in [5, 5.41) is 0. The van der Waals surface area contributed by atoms with Crippen LogP contribution in [-0.4, -0.2) is 47.9 Å². The molecule has 0 bridgehead atoms. The van der Waals surface area contributed by atoms with Crippen LogP contribution in [0.5, 0.6) is 11.5 Å². The van der Waals surface area contributed by atoms with Crippen LogP contribution in [0.2, 0.25) is 0 Å². The van der Waals surface area contributed by atoms with E-state index in [4.69, 9.17) is 9.47 Å². The third kappa shape index (κ3) is 5.39. The minimum Gasteiger partial charge on any atom is -0.492 e. The van der Waals surface area contributed by atoms with Crippen molar-refractivity contribution in [2.45, 2.75) is 6.92 Å². The minimum absolute atomic E-state index is 0.137. The van der Waals surface area contributed by atoms with Crippen LogP contribution in [0.1, 0.15) is 6.92 Å². The van der Waals surface area contributed by atoms with Gasteiger partial charge in [-0.1, -0.05) is 6.58 Å². The molecule has 0 N–H and O–H groups in total. The predicted molar refractivity (Wildman–Crippen MR) is 116 cm³/mol. The summed E-state index contributed by atoms with van der Waals surface area (Å²) in [7, 11) is 4.01. The van der Waals surface area contributed by atoms with Crippen molar-refractivity contribution in [1.29, 1.82) is 0 Å². The highest BCUT2D eigenvalue weighted by molar-refractivity contribution is 5.40. The number of likely N-dealkylation sites (N-methyl/N-ethyl adjacent to an activating group) is 1. The van der Waals surface area contributed by atoms with E-state index in [1.54, 1.807) is 21.5 Å². The van der Waals surface area contributed by atoms with Crippen LogP contribution < -0.4 is 15.2 Å². The second-order valence-electron chi connectivity index (χ2n) is 7.21. The van der Waals surface area contributed by atoms with Crippen LogP contribution in [-0.2, 0) is 0 Å². The molecule has 6 heteroatoms. The molecule has 3 rings (SSSR count). The van der Waals surface area contributed by atoms with Crippen molar-refractivity contribution in [2.75, 3.05) is 33.9 Å². The number of nitrogens with zero attached hydrogens (tertiary/aromatic N) is 3. The van der Waals surface area contributed by atoms with Gasteiger partial charge in [-0.15, -0.1) is 0 Å². The minimum atomic E-state index is -0.137. The average Bonchev–Trinajstić information content (AvgIpc) is 3.08. The van der Waals surface area contributed by atoms with Gasteiger partial charge in [0.25, 0.3) is 0 Å². The van der Waals surface area contributed by atoms with Crippen molar-refractivity contribution >= 4 is 0 Å². The van der Waals surface area contributed by atoms with Gasteiger partial charge in [-0.2, -0.15) is 0 Å². The molecule has 0 spiro atoms. The lowest BCUT2D eigenvalue weighted by Crippen LogP contribution is -2.21. The van der Waals surface area contributed by atoms with Gasteiger partial charge in [0.15, 0.2) is 0 Å². The first kappa shape index (κ1) is 20.5. The van der Waals surface area contributed by atoms with Crippen molar-refractivity contribution < 1.29 is 9.47 Å². The number of hydrogen-bond acceptors (Lipinski definition) is 4. The molecule has 0 saturated heterocycles. The Bertz CT molecular complexity index is 999. The van der Waals surface area contributed by atoms with E-state index in [9.17, 15) is 4.79 Å². The smallest absolute Gasteiger partial charge is 0.337 e. The van der Waals surface area contributed by atoms with E-state index >= 15 is 0 Å². The lowest BCUT2D eigenvalue weighted by Gasteiger charge is -2.11. The van der Waals surface area contributed by atoms with Crippen molar-refractivity contribution in [3.8, 4) is 22.9 Å². The molecule has 0 unspecified atom stereocenters. The standard InChI is InChI=1S/C23H27N3O3/c1-18(2)17-29-22-11-7-20(8-12-22)26-14-13-25(23(26)27)19-5-9-21(10-6-19)28-16-15-24(3)4/h5-14H,1,15-17H2,2-4H3. The topological polar surface area (TPSA) is 48.6 Å². The molecule has 0 aliphatic heterocycles. The van der Waals surface area contributed by atoms with E-state index in [0.717, 1.165) is 35.0 Å². The SMILES string of the molecule is C=C(C)COc1ccc(-n2ccn(-c3ccc(OCCN(C)C)cc3)c2=O)cc1. The highest BCUT2D eigenvalue weighted by atomic mass is 16.5. The Morgan fingerprint density at radius 1 is 0.897 bits per heavy atom. The van der Waals surface area contributed by atoms with E-state index in [0.29, 0.717) is 13.2 Å². The molecular weight excluding hydrogens is 366 g/mol. The van der Waals surface area contributed by atoms with Gasteiger partial charge >= 0.3 is 5.69 Å². The number of aromatic nitrogens is 2. The van der Waals surface area contributed by atoms with Crippen LogP contribution in [0.25, 0.3) is 11.4 Å². The van der Waals surface area contributed by atoms with E-state index in [-0.39, 0.29) is 5.69 Å². The zero-order chi connectivity index (χ0) is 20.8. The molecule has 29 heavy (non-hydrogen) atoms. The fourth-order valence-corrected chi connectivity index (χ4v) is 2.73. The first-order valence-electron chi connectivity index (χ1n) is 9.49. The summed E-state index contributed by atoms with van der Waals surface area (Å²) in [4.78, 5) is 14.9. The molecule has 0 radical (unpaired) electrons. The normalized spacial score (nSPS) is 10.9. The van der Waals surface area contributed by atoms with Crippen LogP contribution >= 0.6 is 0 Å². The fourth-order valence-electron chi connectivity index (χ4n) is 2.73. The predicted octanol–water partition coefficient (Wildman–Crippen LogP) is 3.52. The van der Waals surface area contributed by atoms with Crippen molar-refractivity contribution in [3.63, 3.8) is 0 Å². The van der Waals surface area contributed by atoms with Gasteiger partial charge in [-0.3, -0.25) is 9.13 Å². The fraction of sp³-hybridized carbons (Fsp3) is 0.261. The molecule has 0 amide bonds. The first-order chi connectivity index (χ1) is 13.9. The third-order valence-corrected chi connectivity index (χ3v) is 4.30. The van der Waals surface area contributed by atoms with Crippen LogP contribution in [0.3, 0.4) is 0 Å². The Balaban J connectivity index is 1.72. The summed E-state index contributed by atoms with van der Waals surface area (Å²) in [5.74, 6) is 1.53. The maximum Gasteiger partial charge on any atom is 0.337 e. The van der Waals surface area contributed by atoms with E-state index < -0.39 is 0 Å². The van der Waals surface area contributed by atoms with Gasteiger partial charge in [0.1, 0.15) is 24.7 Å². The van der Waals surface area contributed by atoms with Crippen molar-refractivity contribution in [2.24, 2.45) is 0 Å². The summed E-state index contributed by atoms with van der Waals surface area (Å²) in [5.41, 5.74) is 2.38. The third-order valence-electron chi connectivity index (χ3n) is 4.30. The summed E-state index contributed by atoms with van der Waals surface area (Å²) in [6.45, 7) is 7.68. The van der Waals surface area contributed by atoms with Crippen LogP contribution in [0.4, 0.5) is 0 Å². The quantitative estimate of drug-likeness (QED) is 0.522. The Kier molecular flexibility index (Phi) is 6.57. The van der Waals surface area contributed by atoms with E-state index in [1.807, 2.05) is 69.6 Å². The molecule has 0 saturated carbocycles. The Hall–Kier alpha value is -3.25. The second kappa shape index (κ2) is 9.30. The molecule has 0 atom stereocenters. The molecule has 1 aromatic heterocycles. The molecule has 0 aliphatic carbocycles. The average molecular weight is 393 g/mol. The Morgan fingerprint density at radius 2 is 1.38 bits per heavy atom. The Morgan fingerprint density at radius 3 is 1.83 bits per heavy atom. The number of hydrogen-bond donors (Lipinski definition) is 0. The number of imidazole rings is 1. The van der Waals surface area contributed by atoms with E-state index in [1.165, 1.54) is 0 Å². The summed E-state index contributed by atoms with van der Waals surface area (Å²) >= 11 is 0. The molecule has 1 heterocycles. The van der Waals surface area contributed by atoms with Crippen molar-refractivity contribution in [3.05, 3.63) is 83.6 Å². The number of rotatable bonds is 9. The molecule has 6 nitrogen and oxygen atoms in total. The molecule has 0 fully saturated rings. The highest BCUT2D eigenvalue weighted by Gasteiger charge is 2.08. The van der Waals surface area contributed by atoms with Gasteiger partial charge in [0.2, 0.25) is 0 Å². The van der Waals surface area contributed by atoms with E-state index in [2.05, 4.69) is 11.5 Å². The lowest BCUT2D eigenvalue weighted by molar-refractivity contribution is 0.261. The maximum absolute atomic E-state index is 12.8. The molecule has 2 aromatic carbocycles. The van der Waals surface area contributed by atoms with Gasteiger partial charge in [0.05, 0.1) is 11.4 Å².